The van der Waals surface area contributed by atoms with Gasteiger partial charge in [0, 0.05) is 27.1 Å². The topological polar surface area (TPSA) is 48.5 Å². The smallest absolute Gasteiger partial charge is 0.240 e. The van der Waals surface area contributed by atoms with E-state index in [1.54, 1.807) is 0 Å². The molecule has 264 valence electrons. The number of hydrogen-bond acceptors (Lipinski definition) is 3. The van der Waals surface area contributed by atoms with Crippen molar-refractivity contribution in [2.45, 2.75) is 5.41 Å². The van der Waals surface area contributed by atoms with E-state index < -0.39 is 118 Å². The highest BCUT2D eigenvalue weighted by Crippen LogP contribution is 2.62. The second kappa shape index (κ2) is 11.2. The first-order valence-electron chi connectivity index (χ1n) is 25.7. The summed E-state index contributed by atoms with van der Waals surface area (Å²) >= 11 is 0. The number of aromatic nitrogens is 5. The largest absolute Gasteiger partial charge is 0.278 e. The molecule has 0 N–H and O–H groups in total. The van der Waals surface area contributed by atoms with Gasteiger partial charge < -0.3 is 0 Å². The third-order valence-electron chi connectivity index (χ3n) is 11.3. The minimum absolute atomic E-state index is 0.0736. The van der Waals surface area contributed by atoms with Gasteiger partial charge in [0.1, 0.15) is 0 Å². The van der Waals surface area contributed by atoms with Crippen LogP contribution < -0.4 is 0 Å². The molecule has 5 heteroatoms. The fraction of sp³-hybridized carbons (Fsp3) is 0.0192. The standard InChI is InChI=1S/C52H31N5/c1-8-22-41-33(15-1)34-16-2-9-23-42(34)52(41)43-24-10-3-17-35(43)40-31-32(29-30-44(40)52)49-53-50(56-45-25-11-4-18-36(45)37-19-5-12-26-46(37)56)55-51(54-49)57-47-27-13-6-20-38(47)39-21-7-14-28-48(39)57/h1-31H/i1D,2D,3D,8D,9D,10D,15D,16D,17D,22D,23D,24D,29D,30D,31D. The van der Waals surface area contributed by atoms with Crippen LogP contribution in [-0.4, -0.2) is 24.1 Å². The summed E-state index contributed by atoms with van der Waals surface area (Å²) in [6.45, 7) is 0. The molecule has 0 fully saturated rings. The Labute approximate surface area is 348 Å². The lowest BCUT2D eigenvalue weighted by atomic mass is 9.70. The minimum atomic E-state index is -2.51. The van der Waals surface area contributed by atoms with Crippen LogP contribution >= 0.6 is 0 Å². The molecule has 3 heterocycles. The summed E-state index contributed by atoms with van der Waals surface area (Å²) in [7, 11) is 0. The molecule has 11 aromatic rings. The van der Waals surface area contributed by atoms with Crippen molar-refractivity contribution in [3.05, 3.63) is 210 Å². The van der Waals surface area contributed by atoms with Gasteiger partial charge in [0.05, 0.1) is 48.0 Å². The molecule has 5 nitrogen and oxygen atoms in total. The summed E-state index contributed by atoms with van der Waals surface area (Å²) in [5, 5.41) is 3.52. The number of rotatable bonds is 3. The van der Waals surface area contributed by atoms with Crippen LogP contribution in [0.4, 0.5) is 0 Å². The van der Waals surface area contributed by atoms with E-state index in [2.05, 4.69) is 0 Å². The third-order valence-corrected chi connectivity index (χ3v) is 11.3. The zero-order chi connectivity index (χ0) is 50.3. The lowest BCUT2D eigenvalue weighted by Crippen LogP contribution is -2.25. The Balaban J connectivity index is 1.22. The summed E-state index contributed by atoms with van der Waals surface area (Å²) in [5.74, 6) is -0.113. The van der Waals surface area contributed by atoms with Crippen molar-refractivity contribution < 1.29 is 20.6 Å². The van der Waals surface area contributed by atoms with Crippen LogP contribution in [0, 0.1) is 0 Å². The molecule has 0 bridgehead atoms. The second-order valence-corrected chi connectivity index (χ2v) is 14.0. The van der Waals surface area contributed by atoms with Crippen molar-refractivity contribution >= 4 is 43.6 Å². The van der Waals surface area contributed by atoms with E-state index in [0.717, 1.165) is 43.6 Å². The van der Waals surface area contributed by atoms with Crippen molar-refractivity contribution in [3.63, 3.8) is 0 Å². The summed E-state index contributed by atoms with van der Waals surface area (Å²) in [4.78, 5) is 15.2. The first-order valence-corrected chi connectivity index (χ1v) is 18.2. The van der Waals surface area contributed by atoms with Crippen molar-refractivity contribution in [3.8, 4) is 45.5 Å². The van der Waals surface area contributed by atoms with Gasteiger partial charge in [-0.1, -0.05) is 157 Å². The quantitative estimate of drug-likeness (QED) is 0.181. The molecule has 13 rings (SSSR count). The van der Waals surface area contributed by atoms with E-state index in [1.165, 1.54) is 0 Å². The summed E-state index contributed by atoms with van der Waals surface area (Å²) in [6.07, 6.45) is 0. The Hall–Kier alpha value is -7.63. The Kier molecular flexibility index (Phi) is 3.90. The van der Waals surface area contributed by atoms with Gasteiger partial charge in [-0.15, -0.1) is 0 Å². The normalized spacial score (nSPS) is 17.1. The maximum Gasteiger partial charge on any atom is 0.240 e. The molecule has 0 radical (unpaired) electrons. The Morgan fingerprint density at radius 2 is 0.754 bits per heavy atom. The van der Waals surface area contributed by atoms with Gasteiger partial charge >= 0.3 is 0 Å². The molecular weight excluding hydrogens is 695 g/mol. The maximum atomic E-state index is 10.3. The van der Waals surface area contributed by atoms with Crippen LogP contribution in [0.25, 0.3) is 89.2 Å². The lowest BCUT2D eigenvalue weighted by Gasteiger charge is -2.30. The van der Waals surface area contributed by atoms with E-state index in [0.29, 0.717) is 0 Å². The zero-order valence-electron chi connectivity index (χ0n) is 44.5. The molecule has 8 aromatic carbocycles. The summed E-state index contributed by atoms with van der Waals surface area (Å²) in [5.41, 5.74) is -2.98. The molecule has 0 atom stereocenters. The van der Waals surface area contributed by atoms with Crippen molar-refractivity contribution in [2.24, 2.45) is 0 Å². The van der Waals surface area contributed by atoms with Crippen LogP contribution in [0.1, 0.15) is 42.8 Å². The fourth-order valence-corrected chi connectivity index (χ4v) is 9.02. The zero-order valence-corrected chi connectivity index (χ0v) is 29.5. The Bertz CT molecular complexity index is 4060. The van der Waals surface area contributed by atoms with E-state index in [4.69, 9.17) is 23.2 Å². The van der Waals surface area contributed by atoms with Crippen molar-refractivity contribution in [1.82, 2.24) is 24.1 Å². The van der Waals surface area contributed by atoms with Crippen molar-refractivity contribution in [1.29, 1.82) is 0 Å². The predicted molar refractivity (Wildman–Crippen MR) is 230 cm³/mol. The van der Waals surface area contributed by atoms with Gasteiger partial charge in [0.15, 0.2) is 5.82 Å². The van der Waals surface area contributed by atoms with Crippen molar-refractivity contribution in [2.75, 3.05) is 0 Å². The van der Waals surface area contributed by atoms with Crippen LogP contribution in [0.5, 0.6) is 0 Å². The average molecular weight is 741 g/mol. The van der Waals surface area contributed by atoms with Crippen LogP contribution in [-0.2, 0) is 5.41 Å². The molecule has 1 spiro atoms. The molecular formula is C52H31N5. The first-order chi connectivity index (χ1) is 34.5. The van der Waals surface area contributed by atoms with Crippen LogP contribution in [0.15, 0.2) is 188 Å². The highest BCUT2D eigenvalue weighted by Gasteiger charge is 2.51. The van der Waals surface area contributed by atoms with E-state index in [-0.39, 0.29) is 45.5 Å². The van der Waals surface area contributed by atoms with Gasteiger partial charge in [-0.2, -0.15) is 15.0 Å². The van der Waals surface area contributed by atoms with Gasteiger partial charge in [-0.05, 0) is 74.8 Å². The fourth-order valence-electron chi connectivity index (χ4n) is 9.02. The molecule has 0 aliphatic heterocycles. The second-order valence-electron chi connectivity index (χ2n) is 14.0. The van der Waals surface area contributed by atoms with Gasteiger partial charge in [-0.3, -0.25) is 9.13 Å². The molecule has 0 saturated heterocycles. The predicted octanol–water partition coefficient (Wildman–Crippen LogP) is 12.1. The van der Waals surface area contributed by atoms with E-state index >= 15 is 0 Å². The van der Waals surface area contributed by atoms with Gasteiger partial charge in [0.2, 0.25) is 11.9 Å². The lowest BCUT2D eigenvalue weighted by molar-refractivity contribution is 0.794. The number of nitrogens with zero attached hydrogens (tertiary/aromatic N) is 5. The molecule has 2 aliphatic rings. The molecule has 57 heavy (non-hydrogen) atoms. The van der Waals surface area contributed by atoms with Gasteiger partial charge in [-0.25, -0.2) is 0 Å². The SMILES string of the molecule is [2H]c1c([2H])c([2H])c2c(c1[2H])-c1c([2H])c([2H])c([2H])c([2H])c1C21c2c([2H])c([2H])c([2H])c([2H])c2-c2c([2H])c(-c3nc(-n4c5ccccc5c5ccccc54)nc(-n4c5ccccc5c5ccccc54)n3)c([2H])c([2H])c21. The number of benzene rings is 8. The van der Waals surface area contributed by atoms with E-state index in [1.807, 2.05) is 106 Å². The van der Waals surface area contributed by atoms with Crippen LogP contribution in [0.3, 0.4) is 0 Å². The van der Waals surface area contributed by atoms with Crippen LogP contribution in [0.2, 0.25) is 0 Å². The Morgan fingerprint density at radius 1 is 0.386 bits per heavy atom. The molecule has 2 aliphatic carbocycles. The molecule has 0 unspecified atom stereocenters. The number of para-hydroxylation sites is 4. The van der Waals surface area contributed by atoms with Gasteiger partial charge in [0.25, 0.3) is 0 Å². The number of hydrogen-bond donors (Lipinski definition) is 0. The minimum Gasteiger partial charge on any atom is -0.278 e. The highest BCUT2D eigenvalue weighted by molar-refractivity contribution is 6.10. The molecule has 0 saturated carbocycles. The maximum absolute atomic E-state index is 10.3. The first kappa shape index (κ1) is 19.8. The van der Waals surface area contributed by atoms with E-state index in [9.17, 15) is 12.3 Å². The Morgan fingerprint density at radius 3 is 1.19 bits per heavy atom. The monoisotopic (exact) mass is 740 g/mol. The highest BCUT2D eigenvalue weighted by atomic mass is 15.3. The third kappa shape index (κ3) is 3.94. The molecule has 3 aromatic heterocycles. The number of fused-ring (bicyclic) bond motifs is 16. The molecule has 0 amide bonds. The summed E-state index contributed by atoms with van der Waals surface area (Å²) in [6, 6.07) is 19.9. The average Bonchev–Trinajstić information content (AvgIpc) is 4.11. The summed E-state index contributed by atoms with van der Waals surface area (Å²) < 4.78 is 144.